The Bertz CT molecular complexity index is 427. The third kappa shape index (κ3) is 4.88. The third-order valence-electron chi connectivity index (χ3n) is 2.99. The molecule has 0 saturated heterocycles. The average Bonchev–Trinajstić information content (AvgIpc) is 2.34. The molecule has 0 spiro atoms. The van der Waals surface area contributed by atoms with Crippen molar-refractivity contribution in [1.82, 2.24) is 0 Å². The van der Waals surface area contributed by atoms with Crippen LogP contribution in [0.4, 0.5) is 0 Å². The fourth-order valence-electron chi connectivity index (χ4n) is 1.84. The van der Waals surface area contributed by atoms with Gasteiger partial charge in [-0.15, -0.1) is 11.6 Å². The monoisotopic (exact) mass is 348 g/mol. The zero-order valence-corrected chi connectivity index (χ0v) is 14.6. The van der Waals surface area contributed by atoms with Crippen LogP contribution in [-0.4, -0.2) is 14.2 Å². The van der Waals surface area contributed by atoms with Crippen LogP contribution in [0, 0.1) is 5.41 Å². The van der Waals surface area contributed by atoms with Crippen molar-refractivity contribution in [3.8, 4) is 11.5 Å². The van der Waals surface area contributed by atoms with Crippen molar-refractivity contribution in [1.29, 1.82) is 0 Å². The van der Waals surface area contributed by atoms with E-state index in [1.165, 1.54) is 0 Å². The minimum Gasteiger partial charge on any atom is -0.496 e. The summed E-state index contributed by atoms with van der Waals surface area (Å²) in [5, 5.41) is -0.0730. The lowest BCUT2D eigenvalue weighted by Crippen LogP contribution is -2.07. The largest absolute Gasteiger partial charge is 0.496 e. The van der Waals surface area contributed by atoms with E-state index >= 15 is 0 Å². The second-order valence-corrected chi connectivity index (χ2v) is 7.18. The van der Waals surface area contributed by atoms with Crippen molar-refractivity contribution in [2.24, 2.45) is 5.41 Å². The molecule has 19 heavy (non-hydrogen) atoms. The number of methoxy groups -OCH3 is 2. The van der Waals surface area contributed by atoms with Crippen molar-refractivity contribution in [3.05, 3.63) is 22.2 Å². The lowest BCUT2D eigenvalue weighted by molar-refractivity contribution is 0.358. The topological polar surface area (TPSA) is 18.5 Å². The number of hydrogen-bond donors (Lipinski definition) is 0. The molecule has 1 rings (SSSR count). The molecule has 108 valence electrons. The van der Waals surface area contributed by atoms with Gasteiger partial charge < -0.3 is 9.47 Å². The number of alkyl halides is 1. The predicted molar refractivity (Wildman–Crippen MR) is 84.5 cm³/mol. The van der Waals surface area contributed by atoms with E-state index in [0.717, 1.165) is 34.4 Å². The van der Waals surface area contributed by atoms with Crippen LogP contribution in [0.15, 0.2) is 16.6 Å². The maximum atomic E-state index is 6.53. The van der Waals surface area contributed by atoms with E-state index in [1.807, 2.05) is 12.1 Å². The van der Waals surface area contributed by atoms with Crippen LogP contribution in [-0.2, 0) is 0 Å². The lowest BCUT2D eigenvalue weighted by Gasteiger charge is -2.21. The molecule has 0 aliphatic carbocycles. The van der Waals surface area contributed by atoms with Gasteiger partial charge in [-0.05, 0) is 46.3 Å². The predicted octanol–water partition coefficient (Wildman–Crippen LogP) is 5.57. The number of halogens is 2. The molecule has 0 aliphatic heterocycles. The molecule has 0 radical (unpaired) electrons. The van der Waals surface area contributed by atoms with E-state index in [9.17, 15) is 0 Å². The van der Waals surface area contributed by atoms with E-state index in [1.54, 1.807) is 14.2 Å². The second kappa shape index (κ2) is 6.85. The van der Waals surface area contributed by atoms with Gasteiger partial charge in [0.05, 0.1) is 24.1 Å². The normalized spacial score (nSPS) is 13.2. The Labute approximate surface area is 129 Å². The molecule has 0 aliphatic rings. The zero-order chi connectivity index (χ0) is 14.6. The highest BCUT2D eigenvalue weighted by Crippen LogP contribution is 2.41. The Hall–Kier alpha value is -0.410. The molecule has 0 fully saturated rings. The Morgan fingerprint density at radius 2 is 1.74 bits per heavy atom. The molecule has 2 nitrogen and oxygen atoms in total. The molecule has 0 heterocycles. The van der Waals surface area contributed by atoms with Gasteiger partial charge in [0, 0.05) is 5.56 Å². The maximum Gasteiger partial charge on any atom is 0.133 e. The molecule has 0 bridgehead atoms. The molecular formula is C15H22BrClO2. The minimum absolute atomic E-state index is 0.0730. The van der Waals surface area contributed by atoms with Crippen LogP contribution in [0.1, 0.15) is 44.6 Å². The van der Waals surface area contributed by atoms with E-state index < -0.39 is 0 Å². The molecule has 1 unspecified atom stereocenters. The van der Waals surface area contributed by atoms with Gasteiger partial charge in [-0.2, -0.15) is 0 Å². The number of ether oxygens (including phenoxy) is 2. The zero-order valence-electron chi connectivity index (χ0n) is 12.2. The van der Waals surface area contributed by atoms with E-state index in [2.05, 4.69) is 36.7 Å². The van der Waals surface area contributed by atoms with Crippen LogP contribution in [0.5, 0.6) is 11.5 Å². The highest BCUT2D eigenvalue weighted by atomic mass is 79.9. The number of benzene rings is 1. The standard InChI is InChI=1S/C15H22BrClO2/c1-15(2,3)7-6-12(17)10-8-14(19-5)11(16)9-13(10)18-4/h8-9,12H,6-7H2,1-5H3. The summed E-state index contributed by atoms with van der Waals surface area (Å²) in [7, 11) is 3.31. The lowest BCUT2D eigenvalue weighted by atomic mass is 9.88. The van der Waals surface area contributed by atoms with Gasteiger partial charge in [-0.3, -0.25) is 0 Å². The SMILES string of the molecule is COc1cc(C(Cl)CCC(C)(C)C)c(OC)cc1Br. The Kier molecular flexibility index (Phi) is 6.00. The summed E-state index contributed by atoms with van der Waals surface area (Å²) < 4.78 is 11.6. The maximum absolute atomic E-state index is 6.53. The van der Waals surface area contributed by atoms with Gasteiger partial charge in [-0.1, -0.05) is 20.8 Å². The van der Waals surface area contributed by atoms with Crippen molar-refractivity contribution in [2.45, 2.75) is 39.0 Å². The fraction of sp³-hybridized carbons (Fsp3) is 0.600. The Morgan fingerprint density at radius 1 is 1.16 bits per heavy atom. The van der Waals surface area contributed by atoms with E-state index in [0.29, 0.717) is 0 Å². The van der Waals surface area contributed by atoms with Crippen LogP contribution in [0.2, 0.25) is 0 Å². The molecule has 0 N–H and O–H groups in total. The van der Waals surface area contributed by atoms with E-state index in [4.69, 9.17) is 21.1 Å². The Morgan fingerprint density at radius 3 is 2.21 bits per heavy atom. The number of hydrogen-bond acceptors (Lipinski definition) is 2. The fourth-order valence-corrected chi connectivity index (χ4v) is 2.61. The van der Waals surface area contributed by atoms with Crippen molar-refractivity contribution >= 4 is 27.5 Å². The van der Waals surface area contributed by atoms with Crippen LogP contribution in [0.25, 0.3) is 0 Å². The summed E-state index contributed by atoms with van der Waals surface area (Å²) in [6.07, 6.45) is 1.97. The summed E-state index contributed by atoms with van der Waals surface area (Å²) in [5.74, 6) is 1.57. The molecule has 1 atom stereocenters. The third-order valence-corrected chi connectivity index (χ3v) is 4.06. The number of rotatable bonds is 5. The molecule has 1 aromatic rings. The molecule has 0 amide bonds. The van der Waals surface area contributed by atoms with Gasteiger partial charge >= 0.3 is 0 Å². The van der Waals surface area contributed by atoms with Crippen LogP contribution >= 0.6 is 27.5 Å². The summed E-state index contributed by atoms with van der Waals surface area (Å²) in [4.78, 5) is 0. The first-order chi connectivity index (χ1) is 8.78. The van der Waals surface area contributed by atoms with Crippen molar-refractivity contribution < 1.29 is 9.47 Å². The van der Waals surface area contributed by atoms with Crippen LogP contribution < -0.4 is 9.47 Å². The van der Waals surface area contributed by atoms with E-state index in [-0.39, 0.29) is 10.8 Å². The first-order valence-electron chi connectivity index (χ1n) is 6.34. The molecule has 0 aromatic heterocycles. The summed E-state index contributed by atoms with van der Waals surface area (Å²) in [6.45, 7) is 6.65. The second-order valence-electron chi connectivity index (χ2n) is 5.80. The quantitative estimate of drug-likeness (QED) is 0.647. The molecule has 0 saturated carbocycles. The van der Waals surface area contributed by atoms with Crippen LogP contribution in [0.3, 0.4) is 0 Å². The highest BCUT2D eigenvalue weighted by molar-refractivity contribution is 9.10. The summed E-state index contributed by atoms with van der Waals surface area (Å²) in [6, 6.07) is 3.85. The first-order valence-corrected chi connectivity index (χ1v) is 7.57. The smallest absolute Gasteiger partial charge is 0.133 e. The highest BCUT2D eigenvalue weighted by Gasteiger charge is 2.19. The molecular weight excluding hydrogens is 328 g/mol. The summed E-state index contributed by atoms with van der Waals surface area (Å²) >= 11 is 9.98. The first kappa shape index (κ1) is 16.6. The van der Waals surface area contributed by atoms with Gasteiger partial charge in [0.2, 0.25) is 0 Å². The van der Waals surface area contributed by atoms with Crippen molar-refractivity contribution in [3.63, 3.8) is 0 Å². The summed E-state index contributed by atoms with van der Waals surface area (Å²) in [5.41, 5.74) is 1.26. The van der Waals surface area contributed by atoms with Gasteiger partial charge in [0.15, 0.2) is 0 Å². The van der Waals surface area contributed by atoms with Gasteiger partial charge in [0.25, 0.3) is 0 Å². The Balaban J connectivity index is 2.97. The molecule has 1 aromatic carbocycles. The average molecular weight is 350 g/mol. The van der Waals surface area contributed by atoms with Gasteiger partial charge in [0.1, 0.15) is 11.5 Å². The van der Waals surface area contributed by atoms with Crippen molar-refractivity contribution in [2.75, 3.05) is 14.2 Å². The van der Waals surface area contributed by atoms with Gasteiger partial charge in [-0.25, -0.2) is 0 Å². The minimum atomic E-state index is -0.0730. The molecule has 4 heteroatoms.